The number of rotatable bonds is 4. The molecule has 2 rings (SSSR count). The van der Waals surface area contributed by atoms with Crippen molar-refractivity contribution in [2.24, 2.45) is 0 Å². The number of anilines is 1. The van der Waals surface area contributed by atoms with Crippen LogP contribution in [0.4, 0.5) is 5.69 Å². The third-order valence-corrected chi connectivity index (χ3v) is 3.89. The summed E-state index contributed by atoms with van der Waals surface area (Å²) in [7, 11) is 0. The zero-order chi connectivity index (χ0) is 16.3. The molecule has 0 aromatic heterocycles. The van der Waals surface area contributed by atoms with Crippen LogP contribution in [0.15, 0.2) is 42.5 Å². The molecule has 2 aromatic carbocycles. The standard InChI is InChI=1S/C20H25NO/c1-6-20(22-13(2)3)18-11-7-9-16(14(18)4)17-10-8-12-19(21)15(17)5/h6-13H,21H2,1-5H3/b20-6-. The van der Waals surface area contributed by atoms with Gasteiger partial charge in [-0.25, -0.2) is 0 Å². The van der Waals surface area contributed by atoms with Gasteiger partial charge in [-0.05, 0) is 69.0 Å². The van der Waals surface area contributed by atoms with E-state index < -0.39 is 0 Å². The van der Waals surface area contributed by atoms with E-state index in [1.165, 1.54) is 16.7 Å². The van der Waals surface area contributed by atoms with Crippen molar-refractivity contribution in [3.05, 3.63) is 59.2 Å². The normalized spacial score (nSPS) is 11.8. The van der Waals surface area contributed by atoms with E-state index in [1.54, 1.807) is 0 Å². The van der Waals surface area contributed by atoms with E-state index in [0.29, 0.717) is 0 Å². The molecule has 0 atom stereocenters. The first kappa shape index (κ1) is 16.2. The monoisotopic (exact) mass is 295 g/mol. The third kappa shape index (κ3) is 3.16. The minimum Gasteiger partial charge on any atom is -0.491 e. The molecule has 0 radical (unpaired) electrons. The van der Waals surface area contributed by atoms with Crippen molar-refractivity contribution in [1.29, 1.82) is 0 Å². The highest BCUT2D eigenvalue weighted by Gasteiger charge is 2.13. The van der Waals surface area contributed by atoms with Gasteiger partial charge in [0.05, 0.1) is 6.10 Å². The lowest BCUT2D eigenvalue weighted by Crippen LogP contribution is -2.03. The topological polar surface area (TPSA) is 35.2 Å². The predicted molar refractivity (Wildman–Crippen MR) is 95.6 cm³/mol. The molecule has 0 aliphatic heterocycles. The predicted octanol–water partition coefficient (Wildman–Crippen LogP) is 5.34. The lowest BCUT2D eigenvalue weighted by atomic mass is 9.92. The summed E-state index contributed by atoms with van der Waals surface area (Å²) in [5.41, 5.74) is 12.7. The summed E-state index contributed by atoms with van der Waals surface area (Å²) in [6.07, 6.45) is 2.18. The second-order valence-corrected chi connectivity index (χ2v) is 5.82. The van der Waals surface area contributed by atoms with Gasteiger partial charge in [-0.3, -0.25) is 0 Å². The molecule has 0 saturated carbocycles. The zero-order valence-corrected chi connectivity index (χ0v) is 14.1. The van der Waals surface area contributed by atoms with Gasteiger partial charge in [0.25, 0.3) is 0 Å². The molecule has 22 heavy (non-hydrogen) atoms. The quantitative estimate of drug-likeness (QED) is 0.610. The van der Waals surface area contributed by atoms with E-state index in [9.17, 15) is 0 Å². The molecule has 0 unspecified atom stereocenters. The highest BCUT2D eigenvalue weighted by molar-refractivity contribution is 5.79. The van der Waals surface area contributed by atoms with Crippen LogP contribution in [0, 0.1) is 13.8 Å². The summed E-state index contributed by atoms with van der Waals surface area (Å²) in [4.78, 5) is 0. The summed E-state index contributed by atoms with van der Waals surface area (Å²) >= 11 is 0. The minimum atomic E-state index is 0.156. The van der Waals surface area contributed by atoms with Gasteiger partial charge in [0.2, 0.25) is 0 Å². The number of nitrogens with two attached hydrogens (primary N) is 1. The number of ether oxygens (including phenoxy) is 1. The van der Waals surface area contributed by atoms with Crippen LogP contribution in [-0.4, -0.2) is 6.10 Å². The molecular weight excluding hydrogens is 270 g/mol. The first-order chi connectivity index (χ1) is 10.5. The van der Waals surface area contributed by atoms with Gasteiger partial charge in [0.1, 0.15) is 5.76 Å². The van der Waals surface area contributed by atoms with Crippen LogP contribution >= 0.6 is 0 Å². The van der Waals surface area contributed by atoms with Crippen LogP contribution in [0.25, 0.3) is 16.9 Å². The molecule has 2 aromatic rings. The van der Waals surface area contributed by atoms with Crippen molar-refractivity contribution < 1.29 is 4.74 Å². The minimum absolute atomic E-state index is 0.156. The van der Waals surface area contributed by atoms with Crippen molar-refractivity contribution in [1.82, 2.24) is 0 Å². The number of nitrogen functional groups attached to an aromatic ring is 1. The lowest BCUT2D eigenvalue weighted by molar-refractivity contribution is 0.203. The average molecular weight is 295 g/mol. The van der Waals surface area contributed by atoms with E-state index in [2.05, 4.69) is 38.1 Å². The Kier molecular flexibility index (Phi) is 4.92. The molecule has 0 saturated heterocycles. The van der Waals surface area contributed by atoms with Gasteiger partial charge in [0, 0.05) is 11.3 Å². The maximum absolute atomic E-state index is 6.06. The highest BCUT2D eigenvalue weighted by Crippen LogP contribution is 2.33. The van der Waals surface area contributed by atoms with Crippen LogP contribution in [0.2, 0.25) is 0 Å². The molecule has 2 heteroatoms. The molecule has 116 valence electrons. The molecular formula is C20H25NO. The van der Waals surface area contributed by atoms with E-state index >= 15 is 0 Å². The Morgan fingerprint density at radius 3 is 2.18 bits per heavy atom. The number of benzene rings is 2. The lowest BCUT2D eigenvalue weighted by Gasteiger charge is -2.18. The Bertz CT molecular complexity index is 699. The van der Waals surface area contributed by atoms with E-state index in [-0.39, 0.29) is 6.10 Å². The Labute approximate surface area is 133 Å². The van der Waals surface area contributed by atoms with Crippen molar-refractivity contribution in [2.45, 2.75) is 40.7 Å². The smallest absolute Gasteiger partial charge is 0.122 e. The third-order valence-electron chi connectivity index (χ3n) is 3.89. The van der Waals surface area contributed by atoms with Crippen LogP contribution in [0.5, 0.6) is 0 Å². The fourth-order valence-electron chi connectivity index (χ4n) is 2.68. The maximum atomic E-state index is 6.06. The number of allylic oxidation sites excluding steroid dienone is 1. The molecule has 0 aliphatic carbocycles. The summed E-state index contributed by atoms with van der Waals surface area (Å²) in [6.45, 7) is 10.3. The van der Waals surface area contributed by atoms with Gasteiger partial charge in [-0.15, -0.1) is 0 Å². The Hall–Kier alpha value is -2.22. The Morgan fingerprint density at radius 1 is 1.00 bits per heavy atom. The summed E-state index contributed by atoms with van der Waals surface area (Å²) in [5, 5.41) is 0. The van der Waals surface area contributed by atoms with Crippen LogP contribution in [0.3, 0.4) is 0 Å². The number of hydrogen-bond donors (Lipinski definition) is 1. The van der Waals surface area contributed by atoms with Crippen molar-refractivity contribution in [3.63, 3.8) is 0 Å². The molecule has 0 spiro atoms. The van der Waals surface area contributed by atoms with Gasteiger partial charge in [-0.2, -0.15) is 0 Å². The number of hydrogen-bond acceptors (Lipinski definition) is 2. The van der Waals surface area contributed by atoms with Gasteiger partial charge in [-0.1, -0.05) is 30.3 Å². The van der Waals surface area contributed by atoms with E-state index in [1.807, 2.05) is 39.0 Å². The molecule has 0 amide bonds. The highest BCUT2D eigenvalue weighted by atomic mass is 16.5. The summed E-state index contributed by atoms with van der Waals surface area (Å²) in [6, 6.07) is 12.4. The molecule has 2 nitrogen and oxygen atoms in total. The second-order valence-electron chi connectivity index (χ2n) is 5.82. The van der Waals surface area contributed by atoms with Crippen molar-refractivity contribution in [3.8, 4) is 11.1 Å². The fourth-order valence-corrected chi connectivity index (χ4v) is 2.68. The first-order valence-electron chi connectivity index (χ1n) is 7.74. The van der Waals surface area contributed by atoms with E-state index in [0.717, 1.165) is 22.6 Å². The SMILES string of the molecule is C/C=C(\OC(C)C)c1cccc(-c2cccc(N)c2C)c1C. The van der Waals surface area contributed by atoms with E-state index in [4.69, 9.17) is 10.5 Å². The molecule has 0 fully saturated rings. The van der Waals surface area contributed by atoms with Crippen molar-refractivity contribution in [2.75, 3.05) is 5.73 Å². The fraction of sp³-hybridized carbons (Fsp3) is 0.300. The van der Waals surface area contributed by atoms with Gasteiger partial charge in [0.15, 0.2) is 0 Å². The maximum Gasteiger partial charge on any atom is 0.122 e. The second kappa shape index (κ2) is 6.69. The summed E-state index contributed by atoms with van der Waals surface area (Å²) in [5.74, 6) is 0.927. The van der Waals surface area contributed by atoms with Crippen LogP contribution < -0.4 is 5.73 Å². The van der Waals surface area contributed by atoms with Gasteiger partial charge < -0.3 is 10.5 Å². The van der Waals surface area contributed by atoms with Gasteiger partial charge >= 0.3 is 0 Å². The zero-order valence-electron chi connectivity index (χ0n) is 14.1. The molecule has 0 aliphatic rings. The van der Waals surface area contributed by atoms with Crippen LogP contribution in [0.1, 0.15) is 37.5 Å². The average Bonchev–Trinajstić information content (AvgIpc) is 2.48. The Balaban J connectivity index is 2.57. The molecule has 0 heterocycles. The van der Waals surface area contributed by atoms with Crippen molar-refractivity contribution >= 4 is 11.4 Å². The largest absolute Gasteiger partial charge is 0.491 e. The summed E-state index contributed by atoms with van der Waals surface area (Å²) < 4.78 is 5.95. The first-order valence-corrected chi connectivity index (χ1v) is 7.74. The van der Waals surface area contributed by atoms with Crippen LogP contribution in [-0.2, 0) is 4.74 Å². The molecule has 2 N–H and O–H groups in total. The Morgan fingerprint density at radius 2 is 1.59 bits per heavy atom. The molecule has 0 bridgehead atoms.